The molecule has 0 heterocycles. The van der Waals surface area contributed by atoms with Gasteiger partial charge in [0.15, 0.2) is 0 Å². The third-order valence-electron chi connectivity index (χ3n) is 4.72. The molecule has 0 saturated carbocycles. The van der Waals surface area contributed by atoms with Gasteiger partial charge in [0.05, 0.1) is 0 Å². The molecule has 0 fully saturated rings. The van der Waals surface area contributed by atoms with E-state index in [0.717, 1.165) is 12.1 Å². The molecule has 0 unspecified atom stereocenters. The number of nitrogens with zero attached hydrogens (tertiary/aromatic N) is 2. The highest BCUT2D eigenvalue weighted by Crippen LogP contribution is 2.43. The van der Waals surface area contributed by atoms with Gasteiger partial charge in [-0.1, -0.05) is 42.5 Å². The van der Waals surface area contributed by atoms with Gasteiger partial charge < -0.3 is 10.2 Å². The topological polar surface area (TPSA) is 174 Å². The van der Waals surface area contributed by atoms with Crippen molar-refractivity contribution in [3.63, 3.8) is 0 Å². The molecule has 0 aliphatic heterocycles. The van der Waals surface area contributed by atoms with E-state index in [2.05, 4.69) is 10.2 Å². The van der Waals surface area contributed by atoms with Crippen LogP contribution in [0.3, 0.4) is 0 Å². The van der Waals surface area contributed by atoms with Gasteiger partial charge in [-0.25, -0.2) is 0 Å². The van der Waals surface area contributed by atoms with Crippen molar-refractivity contribution in [2.24, 2.45) is 10.2 Å². The van der Waals surface area contributed by atoms with Crippen LogP contribution in [0, 0.1) is 0 Å². The number of azo groups is 1. The Morgan fingerprint density at radius 1 is 0.625 bits per heavy atom. The monoisotopic (exact) mass is 474 g/mol. The minimum absolute atomic E-state index is 0.0579. The van der Waals surface area contributed by atoms with Crippen LogP contribution < -0.4 is 0 Å². The van der Waals surface area contributed by atoms with Gasteiger partial charge in [0, 0.05) is 22.2 Å². The summed E-state index contributed by atoms with van der Waals surface area (Å²) in [5, 5.41) is 28.9. The van der Waals surface area contributed by atoms with Crippen molar-refractivity contribution in [1.82, 2.24) is 0 Å². The summed E-state index contributed by atoms with van der Waals surface area (Å²) in [5.74, 6) is -1.08. The zero-order valence-electron chi connectivity index (χ0n) is 15.9. The standard InChI is InChI=1S/C20H14N2O8S2/c23-14-9-8-11-4-3-7-16(31(25,26)27)18(11)20(14)22-21-19-13-6-2-1-5-12(13)17(10-15(19)24)32(28,29)30/h1-10,23-24H,(H,25,26,27)(H,28,29,30). The molecular weight excluding hydrogens is 460 g/mol. The third kappa shape index (κ3) is 3.76. The molecule has 0 spiro atoms. The van der Waals surface area contributed by atoms with E-state index >= 15 is 0 Å². The Morgan fingerprint density at radius 3 is 1.91 bits per heavy atom. The van der Waals surface area contributed by atoms with Crippen molar-refractivity contribution < 1.29 is 36.2 Å². The van der Waals surface area contributed by atoms with E-state index in [-0.39, 0.29) is 27.5 Å². The molecular formula is C20H14N2O8S2. The van der Waals surface area contributed by atoms with E-state index in [1.807, 2.05) is 0 Å². The summed E-state index contributed by atoms with van der Waals surface area (Å²) >= 11 is 0. The highest BCUT2D eigenvalue weighted by molar-refractivity contribution is 7.86. The fourth-order valence-corrected chi connectivity index (χ4v) is 4.80. The summed E-state index contributed by atoms with van der Waals surface area (Å²) in [6.07, 6.45) is 0. The molecule has 164 valence electrons. The van der Waals surface area contributed by atoms with Crippen molar-refractivity contribution >= 4 is 53.2 Å². The molecule has 4 N–H and O–H groups in total. The fourth-order valence-electron chi connectivity index (χ4n) is 3.36. The maximum absolute atomic E-state index is 11.8. The van der Waals surface area contributed by atoms with Crippen LogP contribution in [0.25, 0.3) is 21.5 Å². The van der Waals surface area contributed by atoms with Crippen molar-refractivity contribution in [3.8, 4) is 11.5 Å². The van der Waals surface area contributed by atoms with E-state index in [0.29, 0.717) is 5.39 Å². The largest absolute Gasteiger partial charge is 0.506 e. The van der Waals surface area contributed by atoms with Gasteiger partial charge in [-0.15, -0.1) is 10.2 Å². The minimum Gasteiger partial charge on any atom is -0.506 e. The first-order valence-corrected chi connectivity index (χ1v) is 11.7. The molecule has 0 radical (unpaired) electrons. The van der Waals surface area contributed by atoms with Gasteiger partial charge in [-0.3, -0.25) is 9.11 Å². The molecule has 0 atom stereocenters. The van der Waals surface area contributed by atoms with E-state index in [1.54, 1.807) is 6.07 Å². The summed E-state index contributed by atoms with van der Waals surface area (Å²) in [6.45, 7) is 0. The predicted octanol–water partition coefficient (Wildman–Crippen LogP) is 4.31. The first-order valence-electron chi connectivity index (χ1n) is 8.84. The second-order valence-electron chi connectivity index (χ2n) is 6.73. The number of phenols is 2. The normalized spacial score (nSPS) is 12.7. The second-order valence-corrected chi connectivity index (χ2v) is 9.51. The lowest BCUT2D eigenvalue weighted by molar-refractivity contribution is 0.468. The van der Waals surface area contributed by atoms with Crippen LogP contribution in [0.5, 0.6) is 11.5 Å². The number of benzene rings is 4. The maximum Gasteiger partial charge on any atom is 0.295 e. The number of rotatable bonds is 4. The first-order chi connectivity index (χ1) is 15.0. The van der Waals surface area contributed by atoms with Crippen LogP contribution in [-0.4, -0.2) is 36.2 Å². The van der Waals surface area contributed by atoms with Gasteiger partial charge in [-0.2, -0.15) is 16.8 Å². The molecule has 10 nitrogen and oxygen atoms in total. The lowest BCUT2D eigenvalue weighted by Crippen LogP contribution is -1.99. The number of hydrogen-bond donors (Lipinski definition) is 4. The van der Waals surface area contributed by atoms with Crippen LogP contribution in [0.2, 0.25) is 0 Å². The maximum atomic E-state index is 11.8. The van der Waals surface area contributed by atoms with Gasteiger partial charge in [0.25, 0.3) is 20.2 Å². The highest BCUT2D eigenvalue weighted by Gasteiger charge is 2.21. The zero-order chi connectivity index (χ0) is 23.3. The molecule has 4 aromatic rings. The smallest absolute Gasteiger partial charge is 0.295 e. The molecule has 4 aromatic carbocycles. The average molecular weight is 474 g/mol. The van der Waals surface area contributed by atoms with E-state index in [1.165, 1.54) is 42.5 Å². The molecule has 0 bridgehead atoms. The van der Waals surface area contributed by atoms with Crippen LogP contribution in [0.1, 0.15) is 0 Å². The summed E-state index contributed by atoms with van der Waals surface area (Å²) in [6, 6.07) is 13.4. The second kappa shape index (κ2) is 7.53. The lowest BCUT2D eigenvalue weighted by Gasteiger charge is -2.10. The van der Waals surface area contributed by atoms with Crippen LogP contribution in [0.4, 0.5) is 11.4 Å². The number of phenolic OH excluding ortho intramolecular Hbond substituents is 2. The quantitative estimate of drug-likeness (QED) is 0.250. The molecule has 4 rings (SSSR count). The Hall–Kier alpha value is -3.58. The fraction of sp³-hybridized carbons (Fsp3) is 0. The molecule has 0 aliphatic carbocycles. The van der Waals surface area contributed by atoms with Crippen LogP contribution in [0.15, 0.2) is 80.7 Å². The van der Waals surface area contributed by atoms with Gasteiger partial charge >= 0.3 is 0 Å². The number of hydrogen-bond acceptors (Lipinski definition) is 8. The van der Waals surface area contributed by atoms with Crippen molar-refractivity contribution in [1.29, 1.82) is 0 Å². The predicted molar refractivity (Wildman–Crippen MR) is 115 cm³/mol. The SMILES string of the molecule is O=S(=O)(O)c1cc(O)c(N=Nc2c(O)ccc3cccc(S(=O)(=O)O)c23)c2ccccc12. The summed E-state index contributed by atoms with van der Waals surface area (Å²) in [7, 11) is -9.33. The Kier molecular flexibility index (Phi) is 5.09. The van der Waals surface area contributed by atoms with Crippen molar-refractivity contribution in [3.05, 3.63) is 60.7 Å². The average Bonchev–Trinajstić information content (AvgIpc) is 2.72. The van der Waals surface area contributed by atoms with Gasteiger partial charge in [0.1, 0.15) is 32.7 Å². The first kappa shape index (κ1) is 21.6. The van der Waals surface area contributed by atoms with E-state index in [4.69, 9.17) is 0 Å². The third-order valence-corrected chi connectivity index (χ3v) is 6.51. The Bertz CT molecular complexity index is 1650. The van der Waals surface area contributed by atoms with Gasteiger partial charge in [0.2, 0.25) is 0 Å². The van der Waals surface area contributed by atoms with Crippen LogP contribution in [-0.2, 0) is 20.2 Å². The van der Waals surface area contributed by atoms with Crippen molar-refractivity contribution in [2.75, 3.05) is 0 Å². The highest BCUT2D eigenvalue weighted by atomic mass is 32.2. The minimum atomic E-state index is -4.67. The molecule has 12 heteroatoms. The molecule has 0 amide bonds. The van der Waals surface area contributed by atoms with Crippen molar-refractivity contribution in [2.45, 2.75) is 9.79 Å². The summed E-state index contributed by atoms with van der Waals surface area (Å²) < 4.78 is 66.1. The Morgan fingerprint density at radius 2 is 1.25 bits per heavy atom. The molecule has 0 aliphatic rings. The molecule has 32 heavy (non-hydrogen) atoms. The van der Waals surface area contributed by atoms with Gasteiger partial charge in [-0.05, 0) is 17.5 Å². The van der Waals surface area contributed by atoms with E-state index in [9.17, 15) is 36.2 Å². The summed E-state index contributed by atoms with van der Waals surface area (Å²) in [4.78, 5) is -1.04. The Labute approximate surface area is 181 Å². The number of aromatic hydroxyl groups is 2. The summed E-state index contributed by atoms with van der Waals surface area (Å²) in [5.41, 5.74) is -0.480. The number of fused-ring (bicyclic) bond motifs is 2. The molecule has 0 aromatic heterocycles. The molecule has 0 saturated heterocycles. The zero-order valence-corrected chi connectivity index (χ0v) is 17.5. The Balaban J connectivity index is 2.02. The lowest BCUT2D eigenvalue weighted by atomic mass is 10.1. The van der Waals surface area contributed by atoms with E-state index < -0.39 is 41.5 Å². The van der Waals surface area contributed by atoms with Crippen LogP contribution >= 0.6 is 0 Å².